The van der Waals surface area contributed by atoms with E-state index in [0.717, 1.165) is 112 Å². The monoisotopic (exact) mass is 949 g/mol. The molecule has 3 aromatic carbocycles. The van der Waals surface area contributed by atoms with Crippen molar-refractivity contribution in [2.45, 2.75) is 144 Å². The van der Waals surface area contributed by atoms with Crippen molar-refractivity contribution in [3.63, 3.8) is 0 Å². The van der Waals surface area contributed by atoms with Crippen LogP contribution in [0.15, 0.2) is 91.0 Å². The van der Waals surface area contributed by atoms with E-state index < -0.39 is 95.0 Å². The second-order valence-electron chi connectivity index (χ2n) is 15.9. The second kappa shape index (κ2) is 25.5. The highest BCUT2D eigenvalue weighted by Crippen LogP contribution is 2.46. The van der Waals surface area contributed by atoms with Gasteiger partial charge in [0.15, 0.2) is 0 Å². The fourth-order valence-corrected chi connectivity index (χ4v) is 7.90. The molecule has 0 aromatic heterocycles. The summed E-state index contributed by atoms with van der Waals surface area (Å²) in [5, 5.41) is 1.98. The van der Waals surface area contributed by atoms with E-state index in [4.69, 9.17) is 23.7 Å². The summed E-state index contributed by atoms with van der Waals surface area (Å²) in [5.41, 5.74) is -13.8. The maximum atomic E-state index is 15.2. The summed E-state index contributed by atoms with van der Waals surface area (Å²) in [6, 6.07) is 14.3. The van der Waals surface area contributed by atoms with Gasteiger partial charge in [0.05, 0.1) is 0 Å². The molecule has 18 heteroatoms. The molecule has 0 spiro atoms. The highest BCUT2D eigenvalue weighted by atomic mass is 19.4. The molecule has 5 atom stereocenters. The van der Waals surface area contributed by atoms with Gasteiger partial charge in [-0.15, -0.1) is 0 Å². The number of halogens is 9. The van der Waals surface area contributed by atoms with Crippen molar-refractivity contribution < 1.29 is 77.6 Å². The number of hydrogen-bond donors (Lipinski definition) is 1. The standard InChI is InChI=1S/C48H60F9NO8/c1-5-6-7-8-9-10-11-12-13-14-15-16-26-33-39(66-42(61)45(64-4,48(55,56)57)37-31-24-19-25-32-37)38(58-40(59)43(62-2,46(49,50)51)35-27-20-17-21-28-35)34-65-41(60)44(63-3,47(52,53)54)36-29-22-18-23-30-36/h17-25,27-32,38-39H,5-16,26,33-34H2,1-4H3,(H,58,59)/t38-,39+,43-,44-,45-/m1/s1. The van der Waals surface area contributed by atoms with Gasteiger partial charge >= 0.3 is 30.5 Å². The molecule has 368 valence electrons. The smallest absolute Gasteiger partial charge is 0.432 e. The van der Waals surface area contributed by atoms with Gasteiger partial charge in [-0.05, 0) is 12.8 Å². The Bertz CT molecular complexity index is 1900. The van der Waals surface area contributed by atoms with Crippen molar-refractivity contribution in [3.8, 4) is 0 Å². The molecule has 0 saturated heterocycles. The van der Waals surface area contributed by atoms with Gasteiger partial charge in [-0.25, -0.2) is 9.59 Å². The van der Waals surface area contributed by atoms with Crippen LogP contribution in [0.2, 0.25) is 0 Å². The highest BCUT2D eigenvalue weighted by molar-refractivity contribution is 5.88. The van der Waals surface area contributed by atoms with Crippen LogP contribution in [0.4, 0.5) is 39.5 Å². The summed E-state index contributed by atoms with van der Waals surface area (Å²) >= 11 is 0. The Kier molecular flexibility index (Phi) is 21.5. The van der Waals surface area contributed by atoms with Crippen LogP contribution >= 0.6 is 0 Å². The molecule has 0 saturated carbocycles. The number of unbranched alkanes of at least 4 members (excludes halogenated alkanes) is 12. The average molecular weight is 950 g/mol. The number of nitrogens with one attached hydrogen (secondary N) is 1. The maximum absolute atomic E-state index is 15.2. The van der Waals surface area contributed by atoms with E-state index in [0.29, 0.717) is 34.2 Å². The fraction of sp³-hybridized carbons (Fsp3) is 0.562. The summed E-state index contributed by atoms with van der Waals surface area (Å²) in [6.07, 6.45) is -7.78. The predicted molar refractivity (Wildman–Crippen MR) is 227 cm³/mol. The highest BCUT2D eigenvalue weighted by Gasteiger charge is 2.67. The third-order valence-electron chi connectivity index (χ3n) is 11.6. The number of methoxy groups -OCH3 is 3. The molecular formula is C48H60F9NO8. The van der Waals surface area contributed by atoms with Crippen molar-refractivity contribution in [1.29, 1.82) is 0 Å². The number of esters is 2. The van der Waals surface area contributed by atoms with Crippen LogP contribution in [-0.2, 0) is 54.9 Å². The third-order valence-corrected chi connectivity index (χ3v) is 11.6. The van der Waals surface area contributed by atoms with E-state index in [1.165, 1.54) is 43.2 Å². The SMILES string of the molecule is CCCCCCCCCCCCCCC[C@H](OC(=O)[C@](OC)(c1ccccc1)C(F)(F)F)[C@@H](COC(=O)[C@](OC)(c1ccccc1)C(F)(F)F)NC(=O)[C@](OC)(c1ccccc1)C(F)(F)F. The van der Waals surface area contributed by atoms with Crippen LogP contribution in [0.5, 0.6) is 0 Å². The molecule has 9 nitrogen and oxygen atoms in total. The van der Waals surface area contributed by atoms with E-state index in [2.05, 4.69) is 6.92 Å². The minimum atomic E-state index is -5.56. The van der Waals surface area contributed by atoms with Crippen LogP contribution in [-0.4, -0.2) is 76.5 Å². The molecule has 0 aliphatic rings. The average Bonchev–Trinajstić information content (AvgIpc) is 3.27. The first-order chi connectivity index (χ1) is 31.2. The zero-order valence-electron chi connectivity index (χ0n) is 37.6. The first-order valence-corrected chi connectivity index (χ1v) is 22.0. The van der Waals surface area contributed by atoms with E-state index in [1.807, 2.05) is 5.32 Å². The lowest BCUT2D eigenvalue weighted by atomic mass is 9.90. The van der Waals surface area contributed by atoms with Gasteiger partial charge in [-0.3, -0.25) is 4.79 Å². The summed E-state index contributed by atoms with van der Waals surface area (Å²) in [7, 11) is 1.69. The van der Waals surface area contributed by atoms with Crippen LogP contribution in [0.3, 0.4) is 0 Å². The van der Waals surface area contributed by atoms with Crippen molar-refractivity contribution in [2.24, 2.45) is 0 Å². The topological polar surface area (TPSA) is 109 Å². The lowest BCUT2D eigenvalue weighted by Gasteiger charge is -2.38. The van der Waals surface area contributed by atoms with Crippen molar-refractivity contribution in [2.75, 3.05) is 27.9 Å². The Morgan fingerprint density at radius 2 is 0.818 bits per heavy atom. The van der Waals surface area contributed by atoms with Gasteiger partial charge < -0.3 is 29.0 Å². The molecule has 0 heterocycles. The van der Waals surface area contributed by atoms with Crippen molar-refractivity contribution >= 4 is 17.8 Å². The molecule has 1 N–H and O–H groups in total. The quantitative estimate of drug-likeness (QED) is 0.0435. The number of rotatable bonds is 28. The number of benzene rings is 3. The number of hydrogen-bond acceptors (Lipinski definition) is 8. The molecule has 0 unspecified atom stereocenters. The first kappa shape index (κ1) is 55.6. The number of amides is 1. The van der Waals surface area contributed by atoms with Crippen LogP contribution in [0.25, 0.3) is 0 Å². The number of ether oxygens (including phenoxy) is 5. The minimum absolute atomic E-state index is 0.0228. The van der Waals surface area contributed by atoms with E-state index in [1.54, 1.807) is 0 Å². The maximum Gasteiger partial charge on any atom is 0.432 e. The van der Waals surface area contributed by atoms with Crippen molar-refractivity contribution in [3.05, 3.63) is 108 Å². The summed E-state index contributed by atoms with van der Waals surface area (Å²) in [4.78, 5) is 42.1. The van der Waals surface area contributed by atoms with Gasteiger partial charge in [0.25, 0.3) is 22.7 Å². The zero-order chi connectivity index (χ0) is 49.1. The lowest BCUT2D eigenvalue weighted by Crippen LogP contribution is -2.61. The van der Waals surface area contributed by atoms with Gasteiger partial charge in [0.2, 0.25) is 0 Å². The molecule has 66 heavy (non-hydrogen) atoms. The molecule has 0 bridgehead atoms. The molecule has 3 rings (SSSR count). The van der Waals surface area contributed by atoms with Gasteiger partial charge in [0.1, 0.15) is 18.8 Å². The summed E-state index contributed by atoms with van der Waals surface area (Å²) in [5.74, 6) is -6.31. The zero-order valence-corrected chi connectivity index (χ0v) is 37.6. The largest absolute Gasteiger partial charge is 0.461 e. The normalized spacial score (nSPS) is 16.0. The molecule has 3 aromatic rings. The third kappa shape index (κ3) is 13.3. The molecule has 0 aliphatic carbocycles. The Morgan fingerprint density at radius 3 is 1.17 bits per heavy atom. The Balaban J connectivity index is 2.11. The molecule has 0 aliphatic heterocycles. The second-order valence-corrected chi connectivity index (χ2v) is 15.9. The molecule has 0 radical (unpaired) electrons. The van der Waals surface area contributed by atoms with Crippen molar-refractivity contribution in [1.82, 2.24) is 5.32 Å². The molecular weight excluding hydrogens is 890 g/mol. The van der Waals surface area contributed by atoms with E-state index in [9.17, 15) is 27.6 Å². The van der Waals surface area contributed by atoms with Gasteiger partial charge in [-0.2, -0.15) is 39.5 Å². The summed E-state index contributed by atoms with van der Waals surface area (Å²) in [6.45, 7) is 0.668. The lowest BCUT2D eigenvalue weighted by molar-refractivity contribution is -0.280. The number of alkyl halides is 9. The number of carbonyl (C=O) groups is 3. The molecule has 1 amide bonds. The number of carbonyl (C=O) groups excluding carboxylic acids is 3. The Labute approximate surface area is 380 Å². The van der Waals surface area contributed by atoms with E-state index >= 15 is 26.3 Å². The van der Waals surface area contributed by atoms with Crippen LogP contribution in [0.1, 0.15) is 114 Å². The Morgan fingerprint density at radius 1 is 0.485 bits per heavy atom. The summed E-state index contributed by atoms with van der Waals surface area (Å²) < 4.78 is 161. The fourth-order valence-electron chi connectivity index (χ4n) is 7.90. The van der Waals surface area contributed by atoms with Crippen LogP contribution < -0.4 is 5.32 Å². The Hall–Kier alpha value is -4.68. The van der Waals surface area contributed by atoms with Gasteiger partial charge in [-0.1, -0.05) is 175 Å². The van der Waals surface area contributed by atoms with Crippen LogP contribution in [0, 0.1) is 0 Å². The predicted octanol–water partition coefficient (Wildman–Crippen LogP) is 11.7. The van der Waals surface area contributed by atoms with Gasteiger partial charge in [0, 0.05) is 38.0 Å². The minimum Gasteiger partial charge on any atom is -0.461 e. The molecule has 0 fully saturated rings. The first-order valence-electron chi connectivity index (χ1n) is 22.0. The van der Waals surface area contributed by atoms with E-state index in [-0.39, 0.29) is 6.42 Å².